The van der Waals surface area contributed by atoms with Gasteiger partial charge in [-0.2, -0.15) is 0 Å². The number of rotatable bonds is 13. The Morgan fingerprint density at radius 3 is 1.39 bits per heavy atom. The van der Waals surface area contributed by atoms with Crippen molar-refractivity contribution >= 4 is 21.5 Å². The number of hydrogen-bond acceptors (Lipinski definition) is 8. The van der Waals surface area contributed by atoms with Crippen LogP contribution in [0.15, 0.2) is 60.7 Å². The molecule has 190 valence electrons. The second-order valence-corrected chi connectivity index (χ2v) is 8.01. The highest BCUT2D eigenvalue weighted by molar-refractivity contribution is 6.10. The van der Waals surface area contributed by atoms with Crippen molar-refractivity contribution in [1.82, 2.24) is 0 Å². The van der Waals surface area contributed by atoms with Crippen molar-refractivity contribution in [3.8, 4) is 34.1 Å². The zero-order valence-corrected chi connectivity index (χ0v) is 20.4. The van der Waals surface area contributed by atoms with E-state index in [0.29, 0.717) is 49.1 Å². The van der Waals surface area contributed by atoms with Gasteiger partial charge in [-0.3, -0.25) is 0 Å². The molecule has 4 aromatic carbocycles. The van der Waals surface area contributed by atoms with Gasteiger partial charge in [-0.15, -0.1) is 0 Å². The van der Waals surface area contributed by atoms with E-state index in [1.807, 2.05) is 48.5 Å². The van der Waals surface area contributed by atoms with Crippen LogP contribution in [0.3, 0.4) is 0 Å². The lowest BCUT2D eigenvalue weighted by Gasteiger charge is -2.16. The number of methoxy groups -OCH3 is 2. The Balaban J connectivity index is 1.71. The van der Waals surface area contributed by atoms with E-state index in [-0.39, 0.29) is 25.1 Å². The second-order valence-electron chi connectivity index (χ2n) is 8.01. The molecule has 0 atom stereocenters. The first kappa shape index (κ1) is 25.5. The van der Waals surface area contributed by atoms with Crippen molar-refractivity contribution in [2.75, 3.05) is 54.2 Å². The van der Waals surface area contributed by atoms with Crippen LogP contribution in [0, 0.1) is 0 Å². The Kier molecular flexibility index (Phi) is 8.80. The Morgan fingerprint density at radius 1 is 0.556 bits per heavy atom. The van der Waals surface area contributed by atoms with E-state index in [2.05, 4.69) is 0 Å². The van der Waals surface area contributed by atoms with Crippen molar-refractivity contribution < 1.29 is 38.6 Å². The zero-order valence-electron chi connectivity index (χ0n) is 20.4. The van der Waals surface area contributed by atoms with Crippen molar-refractivity contribution in [2.45, 2.75) is 0 Å². The van der Waals surface area contributed by atoms with Gasteiger partial charge < -0.3 is 38.6 Å². The summed E-state index contributed by atoms with van der Waals surface area (Å²) < 4.78 is 32.2. The Morgan fingerprint density at radius 2 is 0.972 bits per heavy atom. The molecule has 8 heteroatoms. The average molecular weight is 495 g/mol. The third-order valence-corrected chi connectivity index (χ3v) is 5.67. The highest BCUT2D eigenvalue weighted by Crippen LogP contribution is 2.45. The van der Waals surface area contributed by atoms with Gasteiger partial charge in [0.1, 0.15) is 23.0 Å². The van der Waals surface area contributed by atoms with Crippen LogP contribution in [0.5, 0.6) is 23.0 Å². The predicted molar refractivity (Wildman–Crippen MR) is 137 cm³/mol. The monoisotopic (exact) mass is 494 g/mol. The van der Waals surface area contributed by atoms with Crippen LogP contribution in [0.2, 0.25) is 0 Å². The minimum absolute atomic E-state index is 0.0352. The Hall–Kier alpha value is -3.56. The molecule has 0 fully saturated rings. The van der Waals surface area contributed by atoms with Crippen LogP contribution < -0.4 is 9.47 Å². The molecule has 0 aromatic heterocycles. The van der Waals surface area contributed by atoms with Crippen molar-refractivity contribution in [2.24, 2.45) is 0 Å². The molecule has 4 rings (SSSR count). The summed E-state index contributed by atoms with van der Waals surface area (Å²) in [5.41, 5.74) is 0.990. The molecular weight excluding hydrogens is 464 g/mol. The van der Waals surface area contributed by atoms with Gasteiger partial charge in [0.25, 0.3) is 0 Å². The van der Waals surface area contributed by atoms with Crippen LogP contribution in [0.1, 0.15) is 0 Å². The van der Waals surface area contributed by atoms with E-state index < -0.39 is 0 Å². The van der Waals surface area contributed by atoms with Crippen LogP contribution in [-0.2, 0) is 18.9 Å². The summed E-state index contributed by atoms with van der Waals surface area (Å²) in [6, 6.07) is 18.0. The molecule has 36 heavy (non-hydrogen) atoms. The van der Waals surface area contributed by atoms with Crippen LogP contribution >= 0.6 is 0 Å². The summed E-state index contributed by atoms with van der Waals surface area (Å²) >= 11 is 0. The lowest BCUT2D eigenvalue weighted by molar-refractivity contribution is -0.00851. The van der Waals surface area contributed by atoms with Gasteiger partial charge in [0, 0.05) is 25.3 Å². The SMILES string of the molecule is COCCOCOc1ccc2ccc(O)c(-c3c(O)ccc4ccc(OCOCCOC)cc34)c2c1. The second kappa shape index (κ2) is 12.4. The quantitative estimate of drug-likeness (QED) is 0.197. The third kappa shape index (κ3) is 5.98. The van der Waals surface area contributed by atoms with Crippen LogP contribution in [0.4, 0.5) is 0 Å². The number of phenolic OH excluding ortho intramolecular Hbond substituents is 2. The Bertz CT molecular complexity index is 1200. The first-order valence-corrected chi connectivity index (χ1v) is 11.5. The molecule has 0 spiro atoms. The molecule has 0 unspecified atom stereocenters. The van der Waals surface area contributed by atoms with Gasteiger partial charge >= 0.3 is 0 Å². The van der Waals surface area contributed by atoms with E-state index in [1.165, 1.54) is 0 Å². The summed E-state index contributed by atoms with van der Waals surface area (Å²) in [6.45, 7) is 1.92. The lowest BCUT2D eigenvalue weighted by atomic mass is 9.92. The molecule has 2 N–H and O–H groups in total. The maximum absolute atomic E-state index is 10.9. The van der Waals surface area contributed by atoms with Gasteiger partial charge in [0.05, 0.1) is 26.4 Å². The molecular formula is C28H30O8. The lowest BCUT2D eigenvalue weighted by Crippen LogP contribution is -2.07. The fourth-order valence-electron chi connectivity index (χ4n) is 3.90. The van der Waals surface area contributed by atoms with Gasteiger partial charge in [-0.25, -0.2) is 0 Å². The third-order valence-electron chi connectivity index (χ3n) is 5.67. The number of hydrogen-bond donors (Lipinski definition) is 2. The molecule has 0 aliphatic rings. The number of phenols is 2. The molecule has 0 heterocycles. The minimum atomic E-state index is 0.0352. The minimum Gasteiger partial charge on any atom is -0.507 e. The predicted octanol–water partition coefficient (Wildman–Crippen LogP) is 5.07. The fraction of sp³-hybridized carbons (Fsp3) is 0.286. The molecule has 8 nitrogen and oxygen atoms in total. The highest BCUT2D eigenvalue weighted by Gasteiger charge is 2.18. The van der Waals surface area contributed by atoms with Crippen molar-refractivity contribution in [1.29, 1.82) is 0 Å². The number of ether oxygens (including phenoxy) is 6. The molecule has 0 bridgehead atoms. The number of aromatic hydroxyl groups is 2. The van der Waals surface area contributed by atoms with E-state index in [0.717, 1.165) is 21.5 Å². The van der Waals surface area contributed by atoms with E-state index in [9.17, 15) is 10.2 Å². The normalized spacial score (nSPS) is 11.3. The number of fused-ring (bicyclic) bond motifs is 2. The first-order valence-electron chi connectivity index (χ1n) is 11.5. The van der Waals surface area contributed by atoms with Crippen LogP contribution in [-0.4, -0.2) is 64.4 Å². The molecule has 0 aliphatic heterocycles. The standard InChI is InChI=1S/C28H30O8/c1-31-11-13-33-17-35-21-7-3-19-5-9-25(29)27(23(19)15-21)28-24-16-22(36-18-34-14-12-32-2)8-4-20(24)6-10-26(28)30/h3-10,15-16,29-30H,11-14,17-18H2,1-2H3. The van der Waals surface area contributed by atoms with Gasteiger partial charge in [-0.05, 0) is 57.9 Å². The molecule has 0 radical (unpaired) electrons. The first-order chi connectivity index (χ1) is 17.6. The maximum atomic E-state index is 10.9. The zero-order chi connectivity index (χ0) is 25.3. The summed E-state index contributed by atoms with van der Waals surface area (Å²) in [4.78, 5) is 0. The molecule has 4 aromatic rings. The molecule has 0 saturated carbocycles. The molecule has 0 amide bonds. The van der Waals surface area contributed by atoms with E-state index >= 15 is 0 Å². The molecule has 0 aliphatic carbocycles. The van der Waals surface area contributed by atoms with Gasteiger partial charge in [-0.1, -0.05) is 24.3 Å². The van der Waals surface area contributed by atoms with Crippen LogP contribution in [0.25, 0.3) is 32.7 Å². The topological polar surface area (TPSA) is 95.8 Å². The molecule has 0 saturated heterocycles. The van der Waals surface area contributed by atoms with E-state index in [4.69, 9.17) is 28.4 Å². The van der Waals surface area contributed by atoms with Crippen molar-refractivity contribution in [3.05, 3.63) is 60.7 Å². The summed E-state index contributed by atoms with van der Waals surface area (Å²) in [5, 5.41) is 25.1. The fourth-order valence-corrected chi connectivity index (χ4v) is 3.90. The van der Waals surface area contributed by atoms with Gasteiger partial charge in [0.2, 0.25) is 0 Å². The Labute approximate surface area is 209 Å². The summed E-state index contributed by atoms with van der Waals surface area (Å²) in [5.74, 6) is 1.22. The number of benzene rings is 4. The highest BCUT2D eigenvalue weighted by atomic mass is 16.7. The summed E-state index contributed by atoms with van der Waals surface area (Å²) in [7, 11) is 3.21. The van der Waals surface area contributed by atoms with Gasteiger partial charge in [0.15, 0.2) is 13.6 Å². The maximum Gasteiger partial charge on any atom is 0.189 e. The average Bonchev–Trinajstić information content (AvgIpc) is 2.89. The smallest absolute Gasteiger partial charge is 0.189 e. The van der Waals surface area contributed by atoms with E-state index in [1.54, 1.807) is 26.4 Å². The largest absolute Gasteiger partial charge is 0.507 e. The van der Waals surface area contributed by atoms with Crippen molar-refractivity contribution in [3.63, 3.8) is 0 Å². The summed E-state index contributed by atoms with van der Waals surface area (Å²) in [6.07, 6.45) is 0.